The SMILES string of the molecule is CCC[C@@H]1S/C(=N/N=C\c2ccc(Cl)cc2)N(Cc2ccccc2)C1=O. The minimum Gasteiger partial charge on any atom is -0.284 e. The monoisotopic (exact) mass is 385 g/mol. The van der Waals surface area contributed by atoms with Gasteiger partial charge in [0.05, 0.1) is 18.0 Å². The lowest BCUT2D eigenvalue weighted by Gasteiger charge is -2.15. The van der Waals surface area contributed by atoms with E-state index in [1.54, 1.807) is 11.1 Å². The zero-order valence-corrected chi connectivity index (χ0v) is 16.1. The van der Waals surface area contributed by atoms with Crippen LogP contribution in [0.25, 0.3) is 0 Å². The van der Waals surface area contributed by atoms with Crippen LogP contribution in [0.5, 0.6) is 0 Å². The molecule has 0 unspecified atom stereocenters. The Labute approximate surface area is 163 Å². The largest absolute Gasteiger partial charge is 0.284 e. The van der Waals surface area contributed by atoms with Gasteiger partial charge in [-0.3, -0.25) is 9.69 Å². The normalized spacial score (nSPS) is 19.0. The van der Waals surface area contributed by atoms with E-state index in [1.165, 1.54) is 11.8 Å². The molecule has 2 aromatic carbocycles. The van der Waals surface area contributed by atoms with Crippen LogP contribution in [0, 0.1) is 0 Å². The molecule has 1 aliphatic heterocycles. The molecule has 0 radical (unpaired) electrons. The molecule has 134 valence electrons. The first-order valence-electron chi connectivity index (χ1n) is 8.56. The molecule has 0 aliphatic carbocycles. The van der Waals surface area contributed by atoms with Crippen LogP contribution in [0.3, 0.4) is 0 Å². The Morgan fingerprint density at radius 1 is 1.15 bits per heavy atom. The average molecular weight is 386 g/mol. The van der Waals surface area contributed by atoms with Gasteiger partial charge in [-0.05, 0) is 29.7 Å². The predicted molar refractivity (Wildman–Crippen MR) is 110 cm³/mol. The van der Waals surface area contributed by atoms with Gasteiger partial charge in [-0.2, -0.15) is 5.10 Å². The lowest BCUT2D eigenvalue weighted by atomic mass is 10.2. The first-order valence-corrected chi connectivity index (χ1v) is 9.81. The van der Waals surface area contributed by atoms with E-state index in [-0.39, 0.29) is 11.2 Å². The fourth-order valence-corrected chi connectivity index (χ4v) is 3.97. The third-order valence-electron chi connectivity index (χ3n) is 3.97. The zero-order chi connectivity index (χ0) is 18.4. The molecule has 1 heterocycles. The number of nitrogens with zero attached hydrogens (tertiary/aromatic N) is 3. The highest BCUT2D eigenvalue weighted by molar-refractivity contribution is 8.15. The van der Waals surface area contributed by atoms with E-state index in [0.29, 0.717) is 16.7 Å². The molecule has 1 fully saturated rings. The fourth-order valence-electron chi connectivity index (χ4n) is 2.64. The molecule has 0 saturated carbocycles. The molecule has 0 spiro atoms. The zero-order valence-electron chi connectivity index (χ0n) is 14.5. The van der Waals surface area contributed by atoms with Crippen LogP contribution in [0.15, 0.2) is 64.8 Å². The number of rotatable bonds is 6. The number of carbonyl (C=O) groups is 1. The van der Waals surface area contributed by atoms with Crippen molar-refractivity contribution in [3.8, 4) is 0 Å². The maximum absolute atomic E-state index is 12.7. The Morgan fingerprint density at radius 2 is 1.88 bits per heavy atom. The minimum absolute atomic E-state index is 0.0757. The molecule has 3 rings (SSSR count). The second kappa shape index (κ2) is 9.01. The molecule has 1 atom stereocenters. The van der Waals surface area contributed by atoms with E-state index >= 15 is 0 Å². The first-order chi connectivity index (χ1) is 12.7. The molecule has 6 heteroatoms. The standard InChI is InChI=1S/C20H20ClN3OS/c1-2-6-18-19(25)24(14-16-7-4-3-5-8-16)20(26-18)23-22-13-15-9-11-17(21)12-10-15/h3-5,7-13,18H,2,6,14H2,1H3/b22-13-,23-20+/t18-/m0/s1. The van der Waals surface area contributed by atoms with Crippen molar-refractivity contribution < 1.29 is 4.79 Å². The summed E-state index contributed by atoms with van der Waals surface area (Å²) >= 11 is 7.39. The third kappa shape index (κ3) is 4.74. The highest BCUT2D eigenvalue weighted by Crippen LogP contribution is 2.31. The summed E-state index contributed by atoms with van der Waals surface area (Å²) in [4.78, 5) is 14.5. The number of amides is 1. The van der Waals surface area contributed by atoms with E-state index in [4.69, 9.17) is 11.6 Å². The van der Waals surface area contributed by atoms with Crippen molar-refractivity contribution in [3.63, 3.8) is 0 Å². The lowest BCUT2D eigenvalue weighted by Crippen LogP contribution is -2.31. The van der Waals surface area contributed by atoms with Crippen LogP contribution < -0.4 is 0 Å². The van der Waals surface area contributed by atoms with Crippen LogP contribution >= 0.6 is 23.4 Å². The number of benzene rings is 2. The van der Waals surface area contributed by atoms with Crippen molar-refractivity contribution in [1.82, 2.24) is 4.90 Å². The molecule has 0 bridgehead atoms. The van der Waals surface area contributed by atoms with Crippen molar-refractivity contribution >= 4 is 40.7 Å². The number of amidine groups is 1. The molecule has 0 aromatic heterocycles. The maximum Gasteiger partial charge on any atom is 0.242 e. The Morgan fingerprint density at radius 3 is 2.58 bits per heavy atom. The van der Waals surface area contributed by atoms with Crippen LogP contribution in [-0.2, 0) is 11.3 Å². The smallest absolute Gasteiger partial charge is 0.242 e. The maximum atomic E-state index is 12.7. The summed E-state index contributed by atoms with van der Waals surface area (Å²) in [5.41, 5.74) is 1.99. The summed E-state index contributed by atoms with van der Waals surface area (Å²) in [7, 11) is 0. The van der Waals surface area contributed by atoms with Gasteiger partial charge in [0, 0.05) is 5.02 Å². The summed E-state index contributed by atoms with van der Waals surface area (Å²) in [6.45, 7) is 2.60. The molecule has 1 amide bonds. The van der Waals surface area contributed by atoms with Gasteiger partial charge in [0.15, 0.2) is 5.17 Å². The van der Waals surface area contributed by atoms with E-state index in [2.05, 4.69) is 17.1 Å². The second-order valence-corrected chi connectivity index (χ2v) is 7.59. The number of hydrogen-bond acceptors (Lipinski definition) is 4. The third-order valence-corrected chi connectivity index (χ3v) is 5.46. The highest BCUT2D eigenvalue weighted by Gasteiger charge is 2.37. The summed E-state index contributed by atoms with van der Waals surface area (Å²) in [6.07, 6.45) is 3.47. The van der Waals surface area contributed by atoms with Crippen molar-refractivity contribution in [3.05, 3.63) is 70.7 Å². The average Bonchev–Trinajstić information content (AvgIpc) is 2.94. The van der Waals surface area contributed by atoms with Crippen molar-refractivity contribution in [2.24, 2.45) is 10.2 Å². The van der Waals surface area contributed by atoms with Gasteiger partial charge in [-0.15, -0.1) is 5.10 Å². The molecule has 26 heavy (non-hydrogen) atoms. The van der Waals surface area contributed by atoms with Crippen LogP contribution in [-0.4, -0.2) is 27.4 Å². The summed E-state index contributed by atoms with van der Waals surface area (Å²) in [6, 6.07) is 17.3. The molecule has 1 aliphatic rings. The van der Waals surface area contributed by atoms with Crippen molar-refractivity contribution in [2.45, 2.75) is 31.6 Å². The number of hydrogen-bond donors (Lipinski definition) is 0. The summed E-state index contributed by atoms with van der Waals surface area (Å²) in [5.74, 6) is 0.112. The van der Waals surface area contributed by atoms with Crippen LogP contribution in [0.2, 0.25) is 5.02 Å². The summed E-state index contributed by atoms with van der Waals surface area (Å²) < 4.78 is 0. The predicted octanol–water partition coefficient (Wildman–Crippen LogP) is 4.97. The van der Waals surface area contributed by atoms with Gasteiger partial charge in [-0.25, -0.2) is 0 Å². The van der Waals surface area contributed by atoms with E-state index in [1.807, 2.05) is 54.6 Å². The Bertz CT molecular complexity index is 806. The van der Waals surface area contributed by atoms with Gasteiger partial charge in [0.25, 0.3) is 0 Å². The Hall–Kier alpha value is -2.11. The van der Waals surface area contributed by atoms with Gasteiger partial charge in [0.1, 0.15) is 0 Å². The number of carbonyl (C=O) groups excluding carboxylic acids is 1. The van der Waals surface area contributed by atoms with Crippen molar-refractivity contribution in [2.75, 3.05) is 0 Å². The van der Waals surface area contributed by atoms with Gasteiger partial charge >= 0.3 is 0 Å². The molecular formula is C20H20ClN3OS. The van der Waals surface area contributed by atoms with E-state index in [0.717, 1.165) is 24.0 Å². The topological polar surface area (TPSA) is 45.0 Å². The van der Waals surface area contributed by atoms with Crippen LogP contribution in [0.1, 0.15) is 30.9 Å². The minimum atomic E-state index is -0.0757. The molecular weight excluding hydrogens is 366 g/mol. The highest BCUT2D eigenvalue weighted by atomic mass is 35.5. The molecule has 0 N–H and O–H groups in total. The van der Waals surface area contributed by atoms with Gasteiger partial charge in [0.2, 0.25) is 5.91 Å². The van der Waals surface area contributed by atoms with Gasteiger partial charge in [-0.1, -0.05) is 79.2 Å². The van der Waals surface area contributed by atoms with Gasteiger partial charge < -0.3 is 0 Å². The first kappa shape index (κ1) is 18.7. The molecule has 1 saturated heterocycles. The summed E-state index contributed by atoms with van der Waals surface area (Å²) in [5, 5.41) is 9.76. The fraction of sp³-hybridized carbons (Fsp3) is 0.250. The number of thioether (sulfide) groups is 1. The molecule has 2 aromatic rings. The second-order valence-electron chi connectivity index (χ2n) is 5.98. The van der Waals surface area contributed by atoms with E-state index in [9.17, 15) is 4.79 Å². The van der Waals surface area contributed by atoms with Crippen LogP contribution in [0.4, 0.5) is 0 Å². The van der Waals surface area contributed by atoms with E-state index < -0.39 is 0 Å². The Balaban J connectivity index is 1.79. The van der Waals surface area contributed by atoms with Crippen molar-refractivity contribution in [1.29, 1.82) is 0 Å². The Kier molecular flexibility index (Phi) is 6.47. The molecule has 4 nitrogen and oxygen atoms in total. The quantitative estimate of drug-likeness (QED) is 0.520. The lowest BCUT2D eigenvalue weighted by molar-refractivity contribution is -0.126. The number of halogens is 1.